The Bertz CT molecular complexity index is 1210. The van der Waals surface area contributed by atoms with Gasteiger partial charge in [-0.25, -0.2) is 8.78 Å². The Morgan fingerprint density at radius 3 is 2.51 bits per heavy atom. The van der Waals surface area contributed by atoms with Gasteiger partial charge >= 0.3 is 0 Å². The monoisotopic (exact) mass is 561 g/mol. The predicted octanol–water partition coefficient (Wildman–Crippen LogP) is 4.91. The summed E-state index contributed by atoms with van der Waals surface area (Å²) in [5.74, 6) is 6.28. The van der Waals surface area contributed by atoms with Crippen molar-refractivity contribution in [2.45, 2.75) is 69.4 Å². The van der Waals surface area contributed by atoms with Crippen molar-refractivity contribution in [3.05, 3.63) is 36.2 Å². The number of anilines is 2. The first kappa shape index (κ1) is 30.6. The fourth-order valence-electron chi connectivity index (χ4n) is 4.16. The molecule has 2 aliphatic carbocycles. The van der Waals surface area contributed by atoms with Crippen LogP contribution in [0.15, 0.2) is 30.5 Å². The van der Waals surface area contributed by atoms with Crippen molar-refractivity contribution in [1.29, 1.82) is 0 Å². The Kier molecular flexibility index (Phi) is 10.6. The number of alkyl halides is 2. The number of benzene rings is 1. The van der Waals surface area contributed by atoms with E-state index in [0.29, 0.717) is 41.3 Å². The average molecular weight is 562 g/mol. The van der Waals surface area contributed by atoms with Gasteiger partial charge in [-0.1, -0.05) is 37.5 Å². The number of ether oxygens (including phenoxy) is 1. The van der Waals surface area contributed by atoms with Crippen LogP contribution >= 0.6 is 11.8 Å². The van der Waals surface area contributed by atoms with Gasteiger partial charge in [-0.2, -0.15) is 0 Å². The molecule has 2 aliphatic rings. The average Bonchev–Trinajstić information content (AvgIpc) is 3.72. The zero-order chi connectivity index (χ0) is 28.7. The molecule has 1 heterocycles. The summed E-state index contributed by atoms with van der Waals surface area (Å²) in [5, 5.41) is 15.5. The standard InChI is InChI=1S/C26H31F2N5O3S.C2H6/c1-26(35)11-15(12-26)24(34)32-16-6-7-19(33-25(30)37-22(29)8-5-14-3-4-14)17(9-16)18-10-20(23(27)28)31-13-21(18)36-2;1-2/h6-7,9-10,13-15,22-23,25,33,35H,3-4,11-12,29-30H2,1-2H3,(H,32,34);1-2H3. The molecule has 8 nitrogen and oxygen atoms in total. The number of hydrogen-bond acceptors (Lipinski definition) is 8. The van der Waals surface area contributed by atoms with Gasteiger partial charge in [0.25, 0.3) is 6.43 Å². The van der Waals surface area contributed by atoms with E-state index in [4.69, 9.17) is 16.2 Å². The predicted molar refractivity (Wildman–Crippen MR) is 152 cm³/mol. The Morgan fingerprint density at radius 1 is 1.23 bits per heavy atom. The van der Waals surface area contributed by atoms with Crippen LogP contribution in [0.1, 0.15) is 58.6 Å². The number of hydrogen-bond donors (Lipinski definition) is 5. The van der Waals surface area contributed by atoms with Crippen molar-refractivity contribution in [2.75, 3.05) is 17.7 Å². The molecule has 0 spiro atoms. The molecule has 0 bridgehead atoms. The Labute approximate surface area is 232 Å². The summed E-state index contributed by atoms with van der Waals surface area (Å²) in [4.78, 5) is 16.5. The SMILES string of the molecule is CC.COc1cnc(C(F)F)cc1-c1cc(NC(=O)C2CC(C)(O)C2)ccc1NC(N)SC(N)C#CC1CC1. The lowest BCUT2D eigenvalue weighted by Gasteiger charge is -2.39. The van der Waals surface area contributed by atoms with Gasteiger partial charge in [0, 0.05) is 34.3 Å². The van der Waals surface area contributed by atoms with E-state index in [9.17, 15) is 18.7 Å². The molecule has 7 N–H and O–H groups in total. The van der Waals surface area contributed by atoms with Crippen LogP contribution < -0.4 is 26.8 Å². The number of carbonyl (C=O) groups is 1. The molecule has 2 atom stereocenters. The van der Waals surface area contributed by atoms with Gasteiger partial charge in [-0.15, -0.1) is 0 Å². The molecule has 212 valence electrons. The van der Waals surface area contributed by atoms with Gasteiger partial charge in [0.05, 0.1) is 18.9 Å². The fraction of sp³-hybridized carbons (Fsp3) is 0.500. The van der Waals surface area contributed by atoms with Gasteiger partial charge in [-0.3, -0.25) is 9.78 Å². The third kappa shape index (κ3) is 8.54. The van der Waals surface area contributed by atoms with E-state index in [2.05, 4.69) is 27.5 Å². The maximum Gasteiger partial charge on any atom is 0.280 e. The molecule has 4 rings (SSSR count). The number of aliphatic hydroxyl groups is 1. The maximum absolute atomic E-state index is 13.5. The number of halogens is 2. The number of nitrogens with one attached hydrogen (secondary N) is 2. The number of pyridine rings is 1. The quantitative estimate of drug-likeness (QED) is 0.215. The highest BCUT2D eigenvalue weighted by atomic mass is 32.2. The molecule has 2 unspecified atom stereocenters. The van der Waals surface area contributed by atoms with Gasteiger partial charge in [-0.05, 0) is 56.9 Å². The van der Waals surface area contributed by atoms with Crippen molar-refractivity contribution in [3.8, 4) is 28.7 Å². The highest BCUT2D eigenvalue weighted by molar-refractivity contribution is 8.00. The minimum atomic E-state index is -2.78. The van der Waals surface area contributed by atoms with Crippen molar-refractivity contribution < 1.29 is 23.4 Å². The molecule has 39 heavy (non-hydrogen) atoms. The molecule has 2 saturated carbocycles. The second-order valence-electron chi connectivity index (χ2n) is 9.65. The van der Waals surface area contributed by atoms with Gasteiger partial charge < -0.3 is 31.9 Å². The highest BCUT2D eigenvalue weighted by Gasteiger charge is 2.42. The second-order valence-corrected chi connectivity index (χ2v) is 10.9. The molecule has 1 aromatic heterocycles. The number of nitrogens with two attached hydrogens (primary N) is 2. The van der Waals surface area contributed by atoms with Crippen LogP contribution in [0.4, 0.5) is 20.2 Å². The molecular formula is C28H37F2N5O3S. The van der Waals surface area contributed by atoms with E-state index in [-0.39, 0.29) is 17.6 Å². The van der Waals surface area contributed by atoms with Crippen molar-refractivity contribution in [1.82, 2.24) is 4.98 Å². The van der Waals surface area contributed by atoms with Crippen LogP contribution in [0.3, 0.4) is 0 Å². The van der Waals surface area contributed by atoms with Crippen LogP contribution in [-0.4, -0.2) is 39.6 Å². The lowest BCUT2D eigenvalue weighted by Crippen LogP contribution is -2.46. The van der Waals surface area contributed by atoms with Crippen LogP contribution in [0.5, 0.6) is 5.75 Å². The molecule has 0 saturated heterocycles. The number of methoxy groups -OCH3 is 1. The maximum atomic E-state index is 13.5. The lowest BCUT2D eigenvalue weighted by molar-refractivity contribution is -0.133. The van der Waals surface area contributed by atoms with Gasteiger partial charge in [0.15, 0.2) is 0 Å². The number of aromatic nitrogens is 1. The summed E-state index contributed by atoms with van der Waals surface area (Å²) in [7, 11) is 1.42. The fourth-order valence-corrected chi connectivity index (χ4v) is 4.81. The van der Waals surface area contributed by atoms with Crippen LogP contribution in [-0.2, 0) is 4.79 Å². The molecule has 0 radical (unpaired) electrons. The Morgan fingerprint density at radius 2 is 1.92 bits per heavy atom. The second kappa shape index (κ2) is 13.4. The summed E-state index contributed by atoms with van der Waals surface area (Å²) in [6.07, 6.45) is 1.38. The molecule has 1 amide bonds. The molecule has 2 aromatic rings. The first-order chi connectivity index (χ1) is 18.5. The topological polar surface area (TPSA) is 136 Å². The van der Waals surface area contributed by atoms with Crippen molar-refractivity contribution in [2.24, 2.45) is 23.3 Å². The van der Waals surface area contributed by atoms with E-state index in [1.54, 1.807) is 25.1 Å². The van der Waals surface area contributed by atoms with E-state index >= 15 is 0 Å². The van der Waals surface area contributed by atoms with Crippen molar-refractivity contribution in [3.63, 3.8) is 0 Å². The van der Waals surface area contributed by atoms with E-state index < -0.39 is 28.6 Å². The number of thioether (sulfide) groups is 1. The Hall–Kier alpha value is -2.91. The molecule has 11 heteroatoms. The van der Waals surface area contributed by atoms with E-state index in [0.717, 1.165) is 12.8 Å². The lowest BCUT2D eigenvalue weighted by atomic mass is 9.72. The normalized spacial score (nSPS) is 21.3. The summed E-state index contributed by atoms with van der Waals surface area (Å²) in [5.41, 5.74) is 12.3. The minimum Gasteiger partial charge on any atom is -0.494 e. The first-order valence-corrected chi connectivity index (χ1v) is 13.9. The highest BCUT2D eigenvalue weighted by Crippen LogP contribution is 2.40. The third-order valence-electron chi connectivity index (χ3n) is 6.25. The van der Waals surface area contributed by atoms with Crippen LogP contribution in [0.2, 0.25) is 0 Å². The Balaban J connectivity index is 0.00000205. The molecule has 2 fully saturated rings. The largest absolute Gasteiger partial charge is 0.494 e. The minimum absolute atomic E-state index is 0.222. The summed E-state index contributed by atoms with van der Waals surface area (Å²) < 4.78 is 32.4. The van der Waals surface area contributed by atoms with Crippen LogP contribution in [0, 0.1) is 23.7 Å². The smallest absolute Gasteiger partial charge is 0.280 e. The zero-order valence-corrected chi connectivity index (χ0v) is 23.4. The van der Waals surface area contributed by atoms with Gasteiger partial charge in [0.1, 0.15) is 22.3 Å². The summed E-state index contributed by atoms with van der Waals surface area (Å²) in [6, 6.07) is 6.30. The third-order valence-corrected chi connectivity index (χ3v) is 7.07. The summed E-state index contributed by atoms with van der Waals surface area (Å²) >= 11 is 1.23. The number of carbonyl (C=O) groups excluding carboxylic acids is 1. The number of rotatable bonds is 9. The van der Waals surface area contributed by atoms with Gasteiger partial charge in [0.2, 0.25) is 5.91 Å². The van der Waals surface area contributed by atoms with E-state index in [1.165, 1.54) is 31.1 Å². The molecule has 1 aromatic carbocycles. The van der Waals surface area contributed by atoms with Crippen molar-refractivity contribution >= 4 is 29.0 Å². The first-order valence-electron chi connectivity index (χ1n) is 13.0. The summed E-state index contributed by atoms with van der Waals surface area (Å²) in [6.45, 7) is 5.69. The zero-order valence-electron chi connectivity index (χ0n) is 22.6. The molecular weight excluding hydrogens is 524 g/mol. The van der Waals surface area contributed by atoms with Crippen LogP contribution in [0.25, 0.3) is 11.1 Å². The van der Waals surface area contributed by atoms with E-state index in [1.807, 2.05) is 13.8 Å². The number of amides is 1. The molecule has 0 aliphatic heterocycles. The number of nitrogens with zero attached hydrogens (tertiary/aromatic N) is 1.